The van der Waals surface area contributed by atoms with E-state index in [2.05, 4.69) is 4.98 Å². The van der Waals surface area contributed by atoms with Crippen molar-refractivity contribution in [1.29, 1.82) is 0 Å². The molecule has 1 aliphatic rings. The SMILES string of the molecule is Cc1cc(C(=O)N2CCCCC2C(=O)O)ccc1-c1cccc2c(CCCOc3cccc4ccccc34)c(OC(=O)O)[nH]c12. The smallest absolute Gasteiger partial charge is 0.493 e. The second kappa shape index (κ2) is 12.7. The van der Waals surface area contributed by atoms with Crippen molar-refractivity contribution in [3.63, 3.8) is 0 Å². The number of carboxylic acid groups (broad SMARTS) is 2. The van der Waals surface area contributed by atoms with Crippen molar-refractivity contribution in [3.8, 4) is 22.8 Å². The summed E-state index contributed by atoms with van der Waals surface area (Å²) >= 11 is 0. The van der Waals surface area contributed by atoms with Gasteiger partial charge in [-0.05, 0) is 73.7 Å². The van der Waals surface area contributed by atoms with E-state index in [0.29, 0.717) is 38.0 Å². The third-order valence-electron chi connectivity index (χ3n) is 8.48. The van der Waals surface area contributed by atoms with Gasteiger partial charge in [0.1, 0.15) is 11.8 Å². The van der Waals surface area contributed by atoms with Crippen LogP contribution in [0.15, 0.2) is 78.9 Å². The Kier molecular flexibility index (Phi) is 8.42. The van der Waals surface area contributed by atoms with Gasteiger partial charge in [0, 0.05) is 34.0 Å². The maximum atomic E-state index is 13.3. The van der Waals surface area contributed by atoms with Crippen LogP contribution in [0.1, 0.15) is 47.2 Å². The Morgan fingerprint density at radius 1 is 0.911 bits per heavy atom. The molecule has 0 radical (unpaired) electrons. The van der Waals surface area contributed by atoms with E-state index < -0.39 is 18.2 Å². The molecule has 230 valence electrons. The zero-order chi connectivity index (χ0) is 31.5. The van der Waals surface area contributed by atoms with Gasteiger partial charge in [-0.1, -0.05) is 60.7 Å². The fourth-order valence-corrected chi connectivity index (χ4v) is 6.35. The lowest BCUT2D eigenvalue weighted by Crippen LogP contribution is -2.48. The predicted octanol–water partition coefficient (Wildman–Crippen LogP) is 7.44. The highest BCUT2D eigenvalue weighted by molar-refractivity contribution is 6.01. The number of carbonyl (C=O) groups excluding carboxylic acids is 1. The molecule has 1 unspecified atom stereocenters. The van der Waals surface area contributed by atoms with Gasteiger partial charge in [0.05, 0.1) is 12.1 Å². The van der Waals surface area contributed by atoms with Gasteiger partial charge in [-0.25, -0.2) is 9.59 Å². The molecule has 0 saturated carbocycles. The highest BCUT2D eigenvalue weighted by Crippen LogP contribution is 2.37. The van der Waals surface area contributed by atoms with Gasteiger partial charge in [0.15, 0.2) is 0 Å². The van der Waals surface area contributed by atoms with Crippen LogP contribution in [0.3, 0.4) is 0 Å². The molecule has 0 bridgehead atoms. The first kappa shape index (κ1) is 29.7. The summed E-state index contributed by atoms with van der Waals surface area (Å²) in [6.07, 6.45) is 1.74. The quantitative estimate of drug-likeness (QED) is 0.117. The summed E-state index contributed by atoms with van der Waals surface area (Å²) in [7, 11) is 0. The Hall–Kier alpha value is -5.31. The number of aliphatic carboxylic acids is 1. The van der Waals surface area contributed by atoms with E-state index in [1.54, 1.807) is 12.1 Å². The van der Waals surface area contributed by atoms with Gasteiger partial charge in [-0.2, -0.15) is 0 Å². The predicted molar refractivity (Wildman–Crippen MR) is 171 cm³/mol. The lowest BCUT2D eigenvalue weighted by Gasteiger charge is -2.33. The minimum absolute atomic E-state index is 0.171. The molecule has 4 aromatic carbocycles. The Balaban J connectivity index is 1.26. The second-order valence-corrected chi connectivity index (χ2v) is 11.3. The molecule has 5 aromatic rings. The monoisotopic (exact) mass is 606 g/mol. The van der Waals surface area contributed by atoms with Crippen LogP contribution in [0, 0.1) is 6.92 Å². The molecule has 0 spiro atoms. The van der Waals surface area contributed by atoms with Crippen LogP contribution >= 0.6 is 0 Å². The number of carboxylic acids is 1. The largest absolute Gasteiger partial charge is 0.512 e. The van der Waals surface area contributed by atoms with Crippen molar-refractivity contribution < 1.29 is 34.1 Å². The third kappa shape index (κ3) is 6.06. The van der Waals surface area contributed by atoms with E-state index in [9.17, 15) is 24.6 Å². The Bertz CT molecular complexity index is 1910. The van der Waals surface area contributed by atoms with Crippen LogP contribution in [0.5, 0.6) is 11.6 Å². The summed E-state index contributed by atoms with van der Waals surface area (Å²) in [6.45, 7) is 2.75. The second-order valence-electron chi connectivity index (χ2n) is 11.3. The van der Waals surface area contributed by atoms with Crippen LogP contribution in [0.25, 0.3) is 32.8 Å². The van der Waals surface area contributed by atoms with Crippen molar-refractivity contribution in [3.05, 3.63) is 95.6 Å². The first-order valence-corrected chi connectivity index (χ1v) is 15.1. The number of aromatic amines is 1. The maximum absolute atomic E-state index is 13.3. The summed E-state index contributed by atoms with van der Waals surface area (Å²) in [5.41, 5.74) is 4.42. The van der Waals surface area contributed by atoms with Gasteiger partial charge in [-0.15, -0.1) is 0 Å². The molecule has 1 amide bonds. The highest BCUT2D eigenvalue weighted by Gasteiger charge is 2.32. The number of carbonyl (C=O) groups is 3. The van der Waals surface area contributed by atoms with Gasteiger partial charge in [0.2, 0.25) is 5.88 Å². The van der Waals surface area contributed by atoms with Crippen molar-refractivity contribution in [2.45, 2.75) is 45.1 Å². The summed E-state index contributed by atoms with van der Waals surface area (Å²) in [5, 5.41) is 22.1. The van der Waals surface area contributed by atoms with Crippen molar-refractivity contribution in [1.82, 2.24) is 9.88 Å². The number of benzene rings is 4. The minimum atomic E-state index is -1.41. The van der Waals surface area contributed by atoms with Gasteiger partial charge in [0.25, 0.3) is 5.91 Å². The molecular weight excluding hydrogens is 572 g/mol. The number of ether oxygens (including phenoxy) is 2. The summed E-state index contributed by atoms with van der Waals surface area (Å²) in [4.78, 5) is 41.4. The van der Waals surface area contributed by atoms with E-state index >= 15 is 0 Å². The average molecular weight is 607 g/mol. The van der Waals surface area contributed by atoms with Gasteiger partial charge in [-0.3, -0.25) is 4.79 Å². The number of amides is 1. The molecule has 3 N–H and O–H groups in total. The number of likely N-dealkylation sites (tertiary alicyclic amines) is 1. The number of aryl methyl sites for hydroxylation is 2. The summed E-state index contributed by atoms with van der Waals surface area (Å²) in [5.74, 6) is -0.304. The molecular formula is C36H34N2O7. The molecule has 1 saturated heterocycles. The molecule has 6 rings (SSSR count). The number of H-pyrrole nitrogens is 1. The van der Waals surface area contributed by atoms with Crippen LogP contribution in [0.2, 0.25) is 0 Å². The maximum Gasteiger partial charge on any atom is 0.512 e. The van der Waals surface area contributed by atoms with Gasteiger partial charge < -0.3 is 29.6 Å². The molecule has 9 nitrogen and oxygen atoms in total. The highest BCUT2D eigenvalue weighted by atomic mass is 16.7. The van der Waals surface area contributed by atoms with E-state index in [1.807, 2.05) is 73.7 Å². The average Bonchev–Trinajstić information content (AvgIpc) is 3.39. The molecule has 1 aliphatic heterocycles. The summed E-state index contributed by atoms with van der Waals surface area (Å²) < 4.78 is 11.3. The molecule has 1 aromatic heterocycles. The van der Waals surface area contributed by atoms with Crippen molar-refractivity contribution in [2.75, 3.05) is 13.2 Å². The molecule has 1 atom stereocenters. The van der Waals surface area contributed by atoms with E-state index in [4.69, 9.17) is 9.47 Å². The number of fused-ring (bicyclic) bond motifs is 2. The number of hydrogen-bond acceptors (Lipinski definition) is 5. The number of piperidine rings is 1. The molecule has 2 heterocycles. The van der Waals surface area contributed by atoms with E-state index in [-0.39, 0.29) is 11.8 Å². The van der Waals surface area contributed by atoms with Crippen LogP contribution in [0.4, 0.5) is 4.79 Å². The Morgan fingerprint density at radius 2 is 1.69 bits per heavy atom. The fourth-order valence-electron chi connectivity index (χ4n) is 6.35. The van der Waals surface area contributed by atoms with E-state index in [0.717, 1.165) is 62.5 Å². The third-order valence-corrected chi connectivity index (χ3v) is 8.48. The molecule has 1 fully saturated rings. The number of nitrogens with one attached hydrogen (secondary N) is 1. The van der Waals surface area contributed by atoms with E-state index in [1.165, 1.54) is 4.90 Å². The number of para-hydroxylation sites is 1. The fraction of sp³-hybridized carbons (Fsp3) is 0.250. The Labute approximate surface area is 260 Å². The molecule has 45 heavy (non-hydrogen) atoms. The van der Waals surface area contributed by atoms with Crippen molar-refractivity contribution >= 4 is 39.7 Å². The van der Waals surface area contributed by atoms with Crippen LogP contribution in [-0.2, 0) is 11.2 Å². The lowest BCUT2D eigenvalue weighted by atomic mass is 9.95. The molecule has 9 heteroatoms. The number of rotatable bonds is 9. The zero-order valence-corrected chi connectivity index (χ0v) is 24.9. The first-order valence-electron chi connectivity index (χ1n) is 15.1. The lowest BCUT2D eigenvalue weighted by molar-refractivity contribution is -0.143. The van der Waals surface area contributed by atoms with Crippen LogP contribution in [-0.4, -0.2) is 57.3 Å². The Morgan fingerprint density at radius 3 is 2.49 bits per heavy atom. The number of nitrogens with zero attached hydrogens (tertiary/aromatic N) is 1. The van der Waals surface area contributed by atoms with Crippen LogP contribution < -0.4 is 9.47 Å². The zero-order valence-electron chi connectivity index (χ0n) is 24.9. The first-order chi connectivity index (χ1) is 21.8. The van der Waals surface area contributed by atoms with Gasteiger partial charge >= 0.3 is 12.1 Å². The minimum Gasteiger partial charge on any atom is -0.493 e. The molecule has 0 aliphatic carbocycles. The summed E-state index contributed by atoms with van der Waals surface area (Å²) in [6, 6.07) is 24.3. The topological polar surface area (TPSA) is 129 Å². The number of hydrogen-bond donors (Lipinski definition) is 3. The van der Waals surface area contributed by atoms with Crippen molar-refractivity contribution in [2.24, 2.45) is 0 Å². The standard InChI is InChI=1S/C36H34N2O7/c1-22-21-24(34(39)38-19-5-4-15-30(38)35(40)41)17-18-25(22)27-12-7-13-28-29(33(37-32(27)28)45-36(42)43)14-8-20-44-31-16-6-10-23-9-2-3-11-26(23)31/h2-3,6-7,9-13,16-18,21,30,37H,4-5,8,14-15,19-20H2,1H3,(H,40,41)(H,42,43). The normalized spacial score (nSPS) is 14.9. The number of aromatic nitrogens is 1.